The summed E-state index contributed by atoms with van der Waals surface area (Å²) < 4.78 is 5.85. The van der Waals surface area contributed by atoms with Crippen molar-refractivity contribution in [1.29, 1.82) is 0 Å². The van der Waals surface area contributed by atoms with Gasteiger partial charge < -0.3 is 15.0 Å². The lowest BCUT2D eigenvalue weighted by atomic mass is 10.0. The smallest absolute Gasteiger partial charge is 0.265 e. The van der Waals surface area contributed by atoms with Crippen LogP contribution in [0, 0.1) is 13.8 Å². The lowest BCUT2D eigenvalue weighted by Gasteiger charge is -2.25. The Balaban J connectivity index is 1.76. The molecule has 3 rings (SSSR count). The molecule has 0 fully saturated rings. The molecule has 6 nitrogen and oxygen atoms in total. The van der Waals surface area contributed by atoms with Gasteiger partial charge in [0.2, 0.25) is 5.95 Å². The fraction of sp³-hybridized carbons (Fsp3) is 0.389. The van der Waals surface area contributed by atoms with E-state index in [2.05, 4.69) is 15.3 Å². The predicted molar refractivity (Wildman–Crippen MR) is 93.6 cm³/mol. The van der Waals surface area contributed by atoms with Crippen LogP contribution in [0.5, 0.6) is 5.75 Å². The number of fused-ring (bicyclic) bond motifs is 1. The van der Waals surface area contributed by atoms with Crippen molar-refractivity contribution in [2.75, 3.05) is 24.3 Å². The van der Waals surface area contributed by atoms with Gasteiger partial charge in [-0.15, -0.1) is 0 Å². The summed E-state index contributed by atoms with van der Waals surface area (Å²) in [6.45, 7) is 3.74. The Bertz CT molecular complexity index is 750. The van der Waals surface area contributed by atoms with Crippen LogP contribution < -0.4 is 15.0 Å². The molecule has 1 unspecified atom stereocenters. The first-order chi connectivity index (χ1) is 11.5. The third-order valence-electron chi connectivity index (χ3n) is 4.12. The number of anilines is 2. The normalized spacial score (nSPS) is 16.1. The molecular weight excluding hydrogens is 304 g/mol. The Morgan fingerprint density at radius 2 is 1.88 bits per heavy atom. The Morgan fingerprint density at radius 1 is 1.21 bits per heavy atom. The van der Waals surface area contributed by atoms with E-state index in [0.29, 0.717) is 18.1 Å². The Kier molecular flexibility index (Phi) is 4.38. The van der Waals surface area contributed by atoms with Gasteiger partial charge in [-0.05, 0) is 38.3 Å². The molecule has 24 heavy (non-hydrogen) atoms. The maximum Gasteiger partial charge on any atom is 0.265 e. The van der Waals surface area contributed by atoms with Crippen LogP contribution in [0.15, 0.2) is 24.3 Å². The highest BCUT2D eigenvalue weighted by Gasteiger charge is 2.27. The number of amides is 1. The molecule has 1 atom stereocenters. The second kappa shape index (κ2) is 6.47. The monoisotopic (exact) mass is 326 g/mol. The second-order valence-electron chi connectivity index (χ2n) is 6.21. The molecule has 0 aliphatic carbocycles. The molecule has 1 aliphatic heterocycles. The van der Waals surface area contributed by atoms with Gasteiger partial charge in [0, 0.05) is 14.1 Å². The van der Waals surface area contributed by atoms with Crippen molar-refractivity contribution >= 4 is 17.5 Å². The summed E-state index contributed by atoms with van der Waals surface area (Å²) in [7, 11) is 3.78. The third-order valence-corrected chi connectivity index (χ3v) is 4.12. The van der Waals surface area contributed by atoms with E-state index in [9.17, 15) is 4.79 Å². The molecule has 1 aromatic heterocycles. The molecule has 126 valence electrons. The molecule has 2 aromatic rings. The summed E-state index contributed by atoms with van der Waals surface area (Å²) in [6, 6.07) is 7.84. The van der Waals surface area contributed by atoms with Crippen molar-refractivity contribution < 1.29 is 9.53 Å². The first-order valence-electron chi connectivity index (χ1n) is 8.03. The highest BCUT2D eigenvalue weighted by Crippen LogP contribution is 2.28. The fourth-order valence-electron chi connectivity index (χ4n) is 2.79. The summed E-state index contributed by atoms with van der Waals surface area (Å²) in [5.41, 5.74) is 3.30. The van der Waals surface area contributed by atoms with E-state index in [0.717, 1.165) is 29.1 Å². The van der Waals surface area contributed by atoms with E-state index in [1.807, 2.05) is 57.1 Å². The average molecular weight is 326 g/mol. The van der Waals surface area contributed by atoms with Gasteiger partial charge in [0.1, 0.15) is 5.75 Å². The number of hydrogen-bond donors (Lipinski definition) is 1. The van der Waals surface area contributed by atoms with Crippen LogP contribution in [0.25, 0.3) is 0 Å². The Labute approximate surface area is 141 Å². The zero-order valence-electron chi connectivity index (χ0n) is 14.5. The van der Waals surface area contributed by atoms with Crippen molar-refractivity contribution in [3.63, 3.8) is 0 Å². The lowest BCUT2D eigenvalue weighted by molar-refractivity contribution is -0.123. The minimum atomic E-state index is -0.493. The summed E-state index contributed by atoms with van der Waals surface area (Å²) in [5, 5.41) is 2.94. The van der Waals surface area contributed by atoms with Crippen LogP contribution in [0.2, 0.25) is 0 Å². The van der Waals surface area contributed by atoms with Crippen molar-refractivity contribution in [2.24, 2.45) is 0 Å². The van der Waals surface area contributed by atoms with Crippen molar-refractivity contribution in [2.45, 2.75) is 32.8 Å². The van der Waals surface area contributed by atoms with Crippen molar-refractivity contribution in [1.82, 2.24) is 9.97 Å². The molecule has 6 heteroatoms. The maximum absolute atomic E-state index is 12.6. The Hall–Kier alpha value is -2.63. The number of aromatic nitrogens is 2. The predicted octanol–water partition coefficient (Wildman–Crippen LogP) is 2.49. The Morgan fingerprint density at radius 3 is 2.54 bits per heavy atom. The second-order valence-corrected chi connectivity index (χ2v) is 6.21. The number of ether oxygens (including phenoxy) is 1. The summed E-state index contributed by atoms with van der Waals surface area (Å²) in [5.74, 6) is 1.26. The van der Waals surface area contributed by atoms with Crippen molar-refractivity contribution in [3.8, 4) is 5.75 Å². The molecule has 1 aromatic carbocycles. The number of aryl methyl sites for hydroxylation is 3. The van der Waals surface area contributed by atoms with E-state index >= 15 is 0 Å². The van der Waals surface area contributed by atoms with Crippen LogP contribution in [-0.2, 0) is 11.2 Å². The van der Waals surface area contributed by atoms with E-state index < -0.39 is 6.10 Å². The number of carbonyl (C=O) groups excluding carboxylic acids is 1. The number of rotatable bonds is 3. The SMILES string of the molecule is Cc1nc(N(C)C)nc(C)c1NC(=O)C1CCc2ccccc2O1. The largest absolute Gasteiger partial charge is 0.480 e. The zero-order chi connectivity index (χ0) is 17.3. The highest BCUT2D eigenvalue weighted by atomic mass is 16.5. The fourth-order valence-corrected chi connectivity index (χ4v) is 2.79. The molecular formula is C18H22N4O2. The molecule has 1 amide bonds. The van der Waals surface area contributed by atoms with Gasteiger partial charge in [0.15, 0.2) is 6.10 Å². The first kappa shape index (κ1) is 16.2. The van der Waals surface area contributed by atoms with Crippen LogP contribution in [0.4, 0.5) is 11.6 Å². The molecule has 0 radical (unpaired) electrons. The van der Waals surface area contributed by atoms with Gasteiger partial charge in [0.05, 0.1) is 17.1 Å². The molecule has 1 aliphatic rings. The van der Waals surface area contributed by atoms with Gasteiger partial charge in [-0.2, -0.15) is 0 Å². The standard InChI is InChI=1S/C18H22N4O2/c1-11-16(12(2)20-18(19-11)22(3)4)21-17(23)15-10-9-13-7-5-6-8-14(13)24-15/h5-8,15H,9-10H2,1-4H3,(H,21,23). The van der Waals surface area contributed by atoms with Crippen LogP contribution in [0.3, 0.4) is 0 Å². The zero-order valence-corrected chi connectivity index (χ0v) is 14.5. The summed E-state index contributed by atoms with van der Waals surface area (Å²) in [6.07, 6.45) is 1.01. The maximum atomic E-state index is 12.6. The molecule has 0 saturated carbocycles. The van der Waals surface area contributed by atoms with E-state index in [-0.39, 0.29) is 5.91 Å². The number of para-hydroxylation sites is 1. The molecule has 0 bridgehead atoms. The molecule has 0 spiro atoms. The topological polar surface area (TPSA) is 67.4 Å². The number of benzene rings is 1. The number of hydrogen-bond acceptors (Lipinski definition) is 5. The van der Waals surface area contributed by atoms with Crippen LogP contribution in [-0.4, -0.2) is 36.1 Å². The number of nitrogens with zero attached hydrogens (tertiary/aromatic N) is 3. The van der Waals surface area contributed by atoms with E-state index in [4.69, 9.17) is 4.74 Å². The van der Waals surface area contributed by atoms with Gasteiger partial charge in [-0.1, -0.05) is 18.2 Å². The molecule has 2 heterocycles. The van der Waals surface area contributed by atoms with Gasteiger partial charge >= 0.3 is 0 Å². The summed E-state index contributed by atoms with van der Waals surface area (Å²) >= 11 is 0. The number of nitrogens with one attached hydrogen (secondary N) is 1. The summed E-state index contributed by atoms with van der Waals surface area (Å²) in [4.78, 5) is 23.3. The first-order valence-corrected chi connectivity index (χ1v) is 8.03. The van der Waals surface area contributed by atoms with E-state index in [1.54, 1.807) is 0 Å². The minimum Gasteiger partial charge on any atom is -0.480 e. The minimum absolute atomic E-state index is 0.156. The van der Waals surface area contributed by atoms with E-state index in [1.165, 1.54) is 0 Å². The quantitative estimate of drug-likeness (QED) is 0.938. The lowest BCUT2D eigenvalue weighted by Crippen LogP contribution is -2.36. The third kappa shape index (κ3) is 3.18. The van der Waals surface area contributed by atoms with Crippen molar-refractivity contribution in [3.05, 3.63) is 41.2 Å². The van der Waals surface area contributed by atoms with Crippen LogP contribution >= 0.6 is 0 Å². The molecule has 0 saturated heterocycles. The van der Waals surface area contributed by atoms with Gasteiger partial charge in [-0.3, -0.25) is 4.79 Å². The van der Waals surface area contributed by atoms with Crippen LogP contribution in [0.1, 0.15) is 23.4 Å². The van der Waals surface area contributed by atoms with Gasteiger partial charge in [0.25, 0.3) is 5.91 Å². The van der Waals surface area contributed by atoms with Gasteiger partial charge in [-0.25, -0.2) is 9.97 Å². The average Bonchev–Trinajstić information content (AvgIpc) is 2.57. The molecule has 1 N–H and O–H groups in total. The number of carbonyl (C=O) groups is 1. The highest BCUT2D eigenvalue weighted by molar-refractivity contribution is 5.95.